The minimum atomic E-state index is 1.04. The summed E-state index contributed by atoms with van der Waals surface area (Å²) in [6.45, 7) is 12.3. The van der Waals surface area contributed by atoms with Crippen LogP contribution < -0.4 is 0 Å². The fourth-order valence-corrected chi connectivity index (χ4v) is 0.994. The van der Waals surface area contributed by atoms with E-state index in [0.29, 0.717) is 0 Å². The zero-order chi connectivity index (χ0) is 8.69. The summed E-state index contributed by atoms with van der Waals surface area (Å²) in [7, 11) is 0. The fourth-order valence-electron chi connectivity index (χ4n) is 0.994. The van der Waals surface area contributed by atoms with Crippen LogP contribution in [0.2, 0.25) is 0 Å². The van der Waals surface area contributed by atoms with Crippen molar-refractivity contribution < 1.29 is 0 Å². The number of unbranched alkanes of at least 4 members (excludes halogenated alkanes) is 1. The second-order valence-corrected chi connectivity index (χ2v) is 3.13. The molecular weight excluding hydrogens is 132 g/mol. The van der Waals surface area contributed by atoms with Gasteiger partial charge in [0, 0.05) is 0 Å². The average Bonchev–Trinajstić information content (AvgIpc) is 2.00. The molecule has 0 rings (SSSR count). The summed E-state index contributed by atoms with van der Waals surface area (Å²) in [5.41, 5.74) is 2.66. The summed E-state index contributed by atoms with van der Waals surface area (Å²) in [6.07, 6.45) is 5.84. The highest BCUT2D eigenvalue weighted by atomic mass is 14.0. The van der Waals surface area contributed by atoms with Crippen LogP contribution in [-0.2, 0) is 0 Å². The van der Waals surface area contributed by atoms with Crippen molar-refractivity contribution in [3.05, 3.63) is 24.3 Å². The van der Waals surface area contributed by atoms with E-state index >= 15 is 0 Å². The van der Waals surface area contributed by atoms with Crippen molar-refractivity contribution in [1.29, 1.82) is 0 Å². The Kier molecular flexibility index (Phi) is 5.91. The van der Waals surface area contributed by atoms with E-state index in [1.54, 1.807) is 0 Å². The van der Waals surface area contributed by atoms with Crippen molar-refractivity contribution in [3.8, 4) is 0 Å². The first-order valence-electron chi connectivity index (χ1n) is 4.54. The monoisotopic (exact) mass is 152 g/mol. The largest absolute Gasteiger partial charge is 0.0995 e. The van der Waals surface area contributed by atoms with E-state index in [1.807, 2.05) is 0 Å². The van der Waals surface area contributed by atoms with Crippen LogP contribution in [0.4, 0.5) is 0 Å². The van der Waals surface area contributed by atoms with Gasteiger partial charge in [-0.1, -0.05) is 44.6 Å². The second-order valence-electron chi connectivity index (χ2n) is 3.13. The summed E-state index contributed by atoms with van der Waals surface area (Å²) in [4.78, 5) is 0. The molecule has 0 unspecified atom stereocenters. The van der Waals surface area contributed by atoms with Crippen molar-refractivity contribution in [2.75, 3.05) is 0 Å². The highest BCUT2D eigenvalue weighted by molar-refractivity contribution is 5.08. The Balaban J connectivity index is 3.44. The smallest absolute Gasteiger partial charge is 0.0114 e. The van der Waals surface area contributed by atoms with Crippen LogP contribution in [0.25, 0.3) is 0 Å². The predicted octanol–water partition coefficient (Wildman–Crippen LogP) is 4.09. The molecule has 0 saturated carbocycles. The van der Waals surface area contributed by atoms with Crippen LogP contribution in [-0.4, -0.2) is 0 Å². The molecule has 0 aliphatic heterocycles. The van der Waals surface area contributed by atoms with Crippen molar-refractivity contribution in [3.63, 3.8) is 0 Å². The molecule has 64 valence electrons. The quantitative estimate of drug-likeness (QED) is 0.503. The zero-order valence-electron chi connectivity index (χ0n) is 7.95. The van der Waals surface area contributed by atoms with E-state index in [-0.39, 0.29) is 0 Å². The highest BCUT2D eigenvalue weighted by Gasteiger charge is 1.95. The Morgan fingerprint density at radius 3 is 2.18 bits per heavy atom. The van der Waals surface area contributed by atoms with Crippen LogP contribution in [0.1, 0.15) is 46.0 Å². The molecule has 0 aromatic carbocycles. The Morgan fingerprint density at radius 2 is 1.73 bits per heavy atom. The Hall–Kier alpha value is -0.520. The molecule has 0 heterocycles. The molecular formula is C11H20. The van der Waals surface area contributed by atoms with Crippen molar-refractivity contribution in [1.82, 2.24) is 0 Å². The van der Waals surface area contributed by atoms with Gasteiger partial charge in [-0.3, -0.25) is 0 Å². The van der Waals surface area contributed by atoms with E-state index in [1.165, 1.54) is 30.4 Å². The molecule has 0 aromatic heterocycles. The van der Waals surface area contributed by atoms with Crippen molar-refractivity contribution in [2.45, 2.75) is 46.0 Å². The maximum absolute atomic E-state index is 4.02. The van der Waals surface area contributed by atoms with Crippen LogP contribution in [0.15, 0.2) is 24.3 Å². The zero-order valence-corrected chi connectivity index (χ0v) is 7.95. The molecule has 0 atom stereocenters. The van der Waals surface area contributed by atoms with E-state index in [0.717, 1.165) is 12.8 Å². The first kappa shape index (κ1) is 10.5. The molecule has 0 amide bonds. The van der Waals surface area contributed by atoms with E-state index in [4.69, 9.17) is 0 Å². The average molecular weight is 152 g/mol. The van der Waals surface area contributed by atoms with Crippen LogP contribution >= 0.6 is 0 Å². The third-order valence-electron chi connectivity index (χ3n) is 1.88. The minimum Gasteiger partial charge on any atom is -0.0995 e. The number of allylic oxidation sites excluding steroid dienone is 2. The van der Waals surface area contributed by atoms with E-state index < -0.39 is 0 Å². The molecule has 0 heteroatoms. The molecule has 0 N–H and O–H groups in total. The van der Waals surface area contributed by atoms with Crippen LogP contribution in [0.5, 0.6) is 0 Å². The minimum absolute atomic E-state index is 1.04. The molecule has 11 heavy (non-hydrogen) atoms. The topological polar surface area (TPSA) is 0 Å². The lowest BCUT2D eigenvalue weighted by Gasteiger charge is -2.05. The second kappa shape index (κ2) is 6.21. The van der Waals surface area contributed by atoms with Gasteiger partial charge < -0.3 is 0 Å². The van der Waals surface area contributed by atoms with Gasteiger partial charge in [0.1, 0.15) is 0 Å². The first-order chi connectivity index (χ1) is 5.20. The van der Waals surface area contributed by atoms with Crippen LogP contribution in [0.3, 0.4) is 0 Å². The standard InChI is InChI=1S/C11H20/c1-5-7-8-11(4)9-10(3)6-2/h3-9H2,1-2H3. The normalized spacial score (nSPS) is 9.64. The maximum atomic E-state index is 4.02. The summed E-state index contributed by atoms with van der Waals surface area (Å²) in [5.74, 6) is 0. The van der Waals surface area contributed by atoms with Gasteiger partial charge in [-0.15, -0.1) is 0 Å². The lowest BCUT2D eigenvalue weighted by Crippen LogP contribution is -1.85. The molecule has 0 aliphatic rings. The third-order valence-corrected chi connectivity index (χ3v) is 1.88. The van der Waals surface area contributed by atoms with Gasteiger partial charge in [0.15, 0.2) is 0 Å². The summed E-state index contributed by atoms with van der Waals surface area (Å²) in [5, 5.41) is 0. The fraction of sp³-hybridized carbons (Fsp3) is 0.636. The van der Waals surface area contributed by atoms with Gasteiger partial charge in [0.05, 0.1) is 0 Å². The Morgan fingerprint density at radius 1 is 1.09 bits per heavy atom. The molecule has 0 aromatic rings. The molecule has 0 fully saturated rings. The molecule has 0 spiro atoms. The number of hydrogen-bond acceptors (Lipinski definition) is 0. The lowest BCUT2D eigenvalue weighted by atomic mass is 10.0. The maximum Gasteiger partial charge on any atom is -0.0114 e. The summed E-state index contributed by atoms with van der Waals surface area (Å²) < 4.78 is 0. The Bertz CT molecular complexity index is 131. The SMILES string of the molecule is C=C(CC)CC(=C)CCCC. The molecule has 0 bridgehead atoms. The first-order valence-corrected chi connectivity index (χ1v) is 4.54. The van der Waals surface area contributed by atoms with E-state index in [9.17, 15) is 0 Å². The van der Waals surface area contributed by atoms with Gasteiger partial charge in [0.2, 0.25) is 0 Å². The van der Waals surface area contributed by atoms with Crippen molar-refractivity contribution >= 4 is 0 Å². The lowest BCUT2D eigenvalue weighted by molar-refractivity contribution is 0.768. The van der Waals surface area contributed by atoms with E-state index in [2.05, 4.69) is 27.0 Å². The van der Waals surface area contributed by atoms with Gasteiger partial charge in [0.25, 0.3) is 0 Å². The number of hydrogen-bond donors (Lipinski definition) is 0. The molecule has 0 nitrogen and oxygen atoms in total. The van der Waals surface area contributed by atoms with Gasteiger partial charge in [-0.2, -0.15) is 0 Å². The Labute approximate surface area is 71.0 Å². The molecule has 0 radical (unpaired) electrons. The van der Waals surface area contributed by atoms with Gasteiger partial charge >= 0.3 is 0 Å². The van der Waals surface area contributed by atoms with Gasteiger partial charge in [-0.25, -0.2) is 0 Å². The summed E-state index contributed by atoms with van der Waals surface area (Å²) in [6, 6.07) is 0. The number of rotatable bonds is 6. The predicted molar refractivity (Wildman–Crippen MR) is 52.7 cm³/mol. The van der Waals surface area contributed by atoms with Crippen molar-refractivity contribution in [2.24, 2.45) is 0 Å². The van der Waals surface area contributed by atoms with Crippen LogP contribution in [0, 0.1) is 0 Å². The highest BCUT2D eigenvalue weighted by Crippen LogP contribution is 2.15. The summed E-state index contributed by atoms with van der Waals surface area (Å²) >= 11 is 0. The molecule has 0 aliphatic carbocycles. The van der Waals surface area contributed by atoms with Gasteiger partial charge in [-0.05, 0) is 25.7 Å². The molecule has 0 saturated heterocycles. The third kappa shape index (κ3) is 5.90.